The molecule has 1 aromatic carbocycles. The summed E-state index contributed by atoms with van der Waals surface area (Å²) in [5, 5.41) is 0. The molecule has 1 aromatic rings. The molecule has 22 heavy (non-hydrogen) atoms. The molecular weight excluding hydrogens is 276 g/mol. The number of benzene rings is 1. The van der Waals surface area contributed by atoms with Crippen LogP contribution in [0, 0.1) is 6.92 Å². The number of hydrogen-bond acceptors (Lipinski definition) is 4. The van der Waals surface area contributed by atoms with Gasteiger partial charge < -0.3 is 14.5 Å². The average Bonchev–Trinajstić information content (AvgIpc) is 2.53. The van der Waals surface area contributed by atoms with E-state index in [2.05, 4.69) is 16.8 Å². The third kappa shape index (κ3) is 6.16. The van der Waals surface area contributed by atoms with Crippen LogP contribution in [-0.4, -0.2) is 62.0 Å². The van der Waals surface area contributed by atoms with E-state index in [9.17, 15) is 4.79 Å². The van der Waals surface area contributed by atoms with Crippen LogP contribution in [0.3, 0.4) is 0 Å². The fraction of sp³-hybridized carbons (Fsp3) is 0.611. The fourth-order valence-corrected chi connectivity index (χ4v) is 2.60. The van der Waals surface area contributed by atoms with E-state index in [-0.39, 0.29) is 12.4 Å². The third-order valence-electron chi connectivity index (χ3n) is 4.20. The molecule has 0 N–H and O–H groups in total. The first-order chi connectivity index (χ1) is 10.6. The van der Waals surface area contributed by atoms with Crippen LogP contribution in [0.4, 0.5) is 0 Å². The lowest BCUT2D eigenvalue weighted by Gasteiger charge is -2.32. The van der Waals surface area contributed by atoms with E-state index in [1.165, 1.54) is 5.56 Å². The van der Waals surface area contributed by atoms with Crippen molar-refractivity contribution < 1.29 is 9.53 Å². The molecule has 0 spiro atoms. The molecule has 122 valence electrons. The highest BCUT2D eigenvalue weighted by atomic mass is 16.5. The summed E-state index contributed by atoms with van der Waals surface area (Å²) in [5.74, 6) is 0.968. The topological polar surface area (TPSA) is 32.8 Å². The zero-order valence-electron chi connectivity index (χ0n) is 13.9. The SMILES string of the molecule is Cc1ccc(OCC(=O)CCCCN2CCN(C)CC2)cc1. The summed E-state index contributed by atoms with van der Waals surface area (Å²) in [4.78, 5) is 16.7. The van der Waals surface area contributed by atoms with Gasteiger partial charge in [0.1, 0.15) is 12.4 Å². The lowest BCUT2D eigenvalue weighted by molar-refractivity contribution is -0.121. The summed E-state index contributed by atoms with van der Waals surface area (Å²) >= 11 is 0. The van der Waals surface area contributed by atoms with Gasteiger partial charge in [-0.3, -0.25) is 4.79 Å². The maximum atomic E-state index is 11.8. The van der Waals surface area contributed by atoms with E-state index in [4.69, 9.17) is 4.74 Å². The summed E-state index contributed by atoms with van der Waals surface area (Å²) < 4.78 is 5.52. The van der Waals surface area contributed by atoms with Crippen molar-refractivity contribution in [3.63, 3.8) is 0 Å². The maximum absolute atomic E-state index is 11.8. The molecule has 4 nitrogen and oxygen atoms in total. The van der Waals surface area contributed by atoms with Gasteiger partial charge in [-0.05, 0) is 45.5 Å². The predicted octanol–water partition coefficient (Wildman–Crippen LogP) is 2.36. The average molecular weight is 304 g/mol. The minimum Gasteiger partial charge on any atom is -0.486 e. The van der Waals surface area contributed by atoms with Gasteiger partial charge in [0.2, 0.25) is 0 Å². The summed E-state index contributed by atoms with van der Waals surface area (Å²) in [6, 6.07) is 7.82. The van der Waals surface area contributed by atoms with Crippen molar-refractivity contribution in [1.82, 2.24) is 9.80 Å². The number of ketones is 1. The van der Waals surface area contributed by atoms with Crippen LogP contribution < -0.4 is 4.74 Å². The Bertz CT molecular complexity index is 451. The highest BCUT2D eigenvalue weighted by molar-refractivity contribution is 5.79. The fourth-order valence-electron chi connectivity index (χ4n) is 2.60. The number of piperazine rings is 1. The smallest absolute Gasteiger partial charge is 0.170 e. The second kappa shape index (κ2) is 8.91. The second-order valence-electron chi connectivity index (χ2n) is 6.24. The molecule has 0 amide bonds. The quantitative estimate of drug-likeness (QED) is 0.690. The molecule has 1 aliphatic rings. The van der Waals surface area contributed by atoms with E-state index < -0.39 is 0 Å². The molecule has 2 rings (SSSR count). The number of aryl methyl sites for hydroxylation is 1. The van der Waals surface area contributed by atoms with Gasteiger partial charge in [-0.15, -0.1) is 0 Å². The van der Waals surface area contributed by atoms with Gasteiger partial charge in [0.15, 0.2) is 5.78 Å². The van der Waals surface area contributed by atoms with E-state index in [1.807, 2.05) is 31.2 Å². The van der Waals surface area contributed by atoms with Gasteiger partial charge in [0.05, 0.1) is 0 Å². The molecule has 0 bridgehead atoms. The van der Waals surface area contributed by atoms with Gasteiger partial charge in [0.25, 0.3) is 0 Å². The van der Waals surface area contributed by atoms with Crippen LogP contribution in [0.5, 0.6) is 5.75 Å². The first-order valence-corrected chi connectivity index (χ1v) is 8.25. The van der Waals surface area contributed by atoms with Crippen LogP contribution in [0.15, 0.2) is 24.3 Å². The van der Waals surface area contributed by atoms with Crippen molar-refractivity contribution in [2.75, 3.05) is 46.4 Å². The highest BCUT2D eigenvalue weighted by Gasteiger charge is 2.13. The molecule has 0 atom stereocenters. The lowest BCUT2D eigenvalue weighted by Crippen LogP contribution is -2.44. The van der Waals surface area contributed by atoms with E-state index in [1.54, 1.807) is 0 Å². The lowest BCUT2D eigenvalue weighted by atomic mass is 10.1. The van der Waals surface area contributed by atoms with Crippen molar-refractivity contribution in [3.05, 3.63) is 29.8 Å². The van der Waals surface area contributed by atoms with Gasteiger partial charge >= 0.3 is 0 Å². The van der Waals surface area contributed by atoms with E-state index >= 15 is 0 Å². The Hall–Kier alpha value is -1.39. The number of Topliss-reactive ketones (excluding diaryl/α,β-unsaturated/α-hetero) is 1. The van der Waals surface area contributed by atoms with Crippen LogP contribution in [0.1, 0.15) is 24.8 Å². The normalized spacial score (nSPS) is 16.6. The molecule has 1 heterocycles. The van der Waals surface area contributed by atoms with Crippen molar-refractivity contribution in [1.29, 1.82) is 0 Å². The van der Waals surface area contributed by atoms with Crippen LogP contribution >= 0.6 is 0 Å². The Morgan fingerprint density at radius 3 is 2.45 bits per heavy atom. The predicted molar refractivity (Wildman–Crippen MR) is 89.5 cm³/mol. The van der Waals surface area contributed by atoms with Crippen molar-refractivity contribution in [2.24, 2.45) is 0 Å². The molecule has 0 aromatic heterocycles. The van der Waals surface area contributed by atoms with Crippen molar-refractivity contribution in [2.45, 2.75) is 26.2 Å². The number of ether oxygens (including phenoxy) is 1. The van der Waals surface area contributed by atoms with Gasteiger partial charge in [0, 0.05) is 32.6 Å². The monoisotopic (exact) mass is 304 g/mol. The number of rotatable bonds is 8. The van der Waals surface area contributed by atoms with Gasteiger partial charge in [-0.2, -0.15) is 0 Å². The van der Waals surface area contributed by atoms with Crippen molar-refractivity contribution in [3.8, 4) is 5.75 Å². The maximum Gasteiger partial charge on any atom is 0.170 e. The van der Waals surface area contributed by atoms with E-state index in [0.29, 0.717) is 6.42 Å². The Kier molecular flexibility index (Phi) is 6.87. The standard InChI is InChI=1S/C18H28N2O2/c1-16-6-8-18(9-7-16)22-15-17(21)5-3-4-10-20-13-11-19(2)12-14-20/h6-9H,3-5,10-15H2,1-2H3. The Labute approximate surface area is 134 Å². The van der Waals surface area contributed by atoms with Gasteiger partial charge in [-0.25, -0.2) is 0 Å². The number of carbonyl (C=O) groups excluding carboxylic acids is 1. The molecule has 0 unspecified atom stereocenters. The number of likely N-dealkylation sites (N-methyl/N-ethyl adjacent to an activating group) is 1. The Morgan fingerprint density at radius 2 is 1.77 bits per heavy atom. The third-order valence-corrected chi connectivity index (χ3v) is 4.20. The minimum atomic E-state index is 0.192. The summed E-state index contributed by atoms with van der Waals surface area (Å²) in [7, 11) is 2.17. The molecule has 1 aliphatic heterocycles. The molecule has 0 radical (unpaired) electrons. The zero-order valence-corrected chi connectivity index (χ0v) is 13.9. The summed E-state index contributed by atoms with van der Waals surface area (Å²) in [6.07, 6.45) is 2.68. The number of carbonyl (C=O) groups is 1. The molecular formula is C18H28N2O2. The number of unbranched alkanes of at least 4 members (excludes halogenated alkanes) is 1. The molecule has 1 saturated heterocycles. The van der Waals surface area contributed by atoms with Crippen LogP contribution in [0.25, 0.3) is 0 Å². The second-order valence-corrected chi connectivity index (χ2v) is 6.24. The first kappa shape index (κ1) is 17.0. The van der Waals surface area contributed by atoms with E-state index in [0.717, 1.165) is 51.3 Å². The van der Waals surface area contributed by atoms with Crippen LogP contribution in [-0.2, 0) is 4.79 Å². The van der Waals surface area contributed by atoms with Gasteiger partial charge in [-0.1, -0.05) is 17.7 Å². The highest BCUT2D eigenvalue weighted by Crippen LogP contribution is 2.11. The molecule has 1 fully saturated rings. The Morgan fingerprint density at radius 1 is 1.09 bits per heavy atom. The number of nitrogens with zero attached hydrogens (tertiary/aromatic N) is 2. The molecule has 0 aliphatic carbocycles. The zero-order chi connectivity index (χ0) is 15.8. The Balaban J connectivity index is 1.53. The largest absolute Gasteiger partial charge is 0.486 e. The van der Waals surface area contributed by atoms with Crippen LogP contribution in [0.2, 0.25) is 0 Å². The number of hydrogen-bond donors (Lipinski definition) is 0. The molecule has 0 saturated carbocycles. The van der Waals surface area contributed by atoms with Crippen molar-refractivity contribution >= 4 is 5.78 Å². The molecule has 4 heteroatoms. The minimum absolute atomic E-state index is 0.192. The summed E-state index contributed by atoms with van der Waals surface area (Å²) in [5.41, 5.74) is 1.20. The first-order valence-electron chi connectivity index (χ1n) is 8.25. The summed E-state index contributed by atoms with van der Waals surface area (Å²) in [6.45, 7) is 7.96.